The highest BCUT2D eigenvalue weighted by molar-refractivity contribution is 5.94. The van der Waals surface area contributed by atoms with Crippen LogP contribution in [0.4, 0.5) is 0 Å². The summed E-state index contributed by atoms with van der Waals surface area (Å²) in [5.74, 6) is 1.15. The number of aromatic amines is 1. The van der Waals surface area contributed by atoms with E-state index in [9.17, 15) is 4.79 Å². The van der Waals surface area contributed by atoms with E-state index < -0.39 is 0 Å². The van der Waals surface area contributed by atoms with Gasteiger partial charge >= 0.3 is 0 Å². The maximum atomic E-state index is 13.3. The molecule has 0 bridgehead atoms. The Labute approximate surface area is 166 Å². The smallest absolute Gasteiger partial charge is 0.274 e. The Bertz CT molecular complexity index is 845. The first-order valence-corrected chi connectivity index (χ1v) is 9.82. The SMILES string of the molecule is COc1ccc([C@@H]2CN(C(=O)c3n[nH]c4c3CN(C)CC4)C[C@H]2N(C)C)cc1. The first kappa shape index (κ1) is 19.0. The summed E-state index contributed by atoms with van der Waals surface area (Å²) in [7, 11) is 7.93. The van der Waals surface area contributed by atoms with E-state index in [-0.39, 0.29) is 17.9 Å². The van der Waals surface area contributed by atoms with Crippen LogP contribution >= 0.6 is 0 Å². The fourth-order valence-corrected chi connectivity index (χ4v) is 4.41. The van der Waals surface area contributed by atoms with Gasteiger partial charge in [-0.2, -0.15) is 5.10 Å². The number of methoxy groups -OCH3 is 1. The minimum Gasteiger partial charge on any atom is -0.497 e. The summed E-state index contributed by atoms with van der Waals surface area (Å²) >= 11 is 0. The number of likely N-dealkylation sites (N-methyl/N-ethyl adjacent to an activating group) is 2. The molecule has 1 aromatic heterocycles. The number of likely N-dealkylation sites (tertiary alicyclic amines) is 1. The van der Waals surface area contributed by atoms with E-state index >= 15 is 0 Å². The number of nitrogens with zero attached hydrogens (tertiary/aromatic N) is 4. The lowest BCUT2D eigenvalue weighted by Gasteiger charge is -2.25. The van der Waals surface area contributed by atoms with E-state index in [2.05, 4.69) is 53.3 Å². The Kier molecular flexibility index (Phi) is 5.12. The number of benzene rings is 1. The highest BCUT2D eigenvalue weighted by Gasteiger charge is 2.39. The Hall–Kier alpha value is -2.38. The summed E-state index contributed by atoms with van der Waals surface area (Å²) in [4.78, 5) is 19.7. The Morgan fingerprint density at radius 2 is 2.00 bits per heavy atom. The Morgan fingerprint density at radius 3 is 2.68 bits per heavy atom. The molecule has 2 aliphatic heterocycles. The third kappa shape index (κ3) is 3.40. The van der Waals surface area contributed by atoms with Crippen molar-refractivity contribution in [1.82, 2.24) is 24.9 Å². The van der Waals surface area contributed by atoms with E-state index in [0.717, 1.165) is 36.5 Å². The fourth-order valence-electron chi connectivity index (χ4n) is 4.41. The average molecular weight is 383 g/mol. The second-order valence-corrected chi connectivity index (χ2v) is 8.14. The van der Waals surface area contributed by atoms with Gasteiger partial charge in [0.2, 0.25) is 0 Å². The van der Waals surface area contributed by atoms with Crippen molar-refractivity contribution in [2.75, 3.05) is 47.9 Å². The molecular formula is C21H29N5O2. The van der Waals surface area contributed by atoms with Crippen molar-refractivity contribution in [3.8, 4) is 5.75 Å². The summed E-state index contributed by atoms with van der Waals surface area (Å²) < 4.78 is 5.29. The number of amides is 1. The number of hydrogen-bond acceptors (Lipinski definition) is 5. The van der Waals surface area contributed by atoms with E-state index in [4.69, 9.17) is 4.74 Å². The summed E-state index contributed by atoms with van der Waals surface area (Å²) in [5.41, 5.74) is 4.00. The minimum atomic E-state index is 0.0376. The second-order valence-electron chi connectivity index (χ2n) is 8.14. The molecule has 7 nitrogen and oxygen atoms in total. The molecule has 0 unspecified atom stereocenters. The van der Waals surface area contributed by atoms with Gasteiger partial charge in [-0.25, -0.2) is 0 Å². The molecule has 0 aliphatic carbocycles. The van der Waals surface area contributed by atoms with Gasteiger partial charge in [0.05, 0.1) is 7.11 Å². The maximum absolute atomic E-state index is 13.3. The molecule has 1 amide bonds. The van der Waals surface area contributed by atoms with E-state index in [1.807, 2.05) is 17.0 Å². The van der Waals surface area contributed by atoms with E-state index in [1.54, 1.807) is 7.11 Å². The molecule has 0 radical (unpaired) electrons. The third-order valence-corrected chi connectivity index (χ3v) is 6.11. The fraction of sp³-hybridized carbons (Fsp3) is 0.524. The Morgan fingerprint density at radius 1 is 1.25 bits per heavy atom. The molecule has 1 N–H and O–H groups in total. The summed E-state index contributed by atoms with van der Waals surface area (Å²) in [6.45, 7) is 3.18. The quantitative estimate of drug-likeness (QED) is 0.868. The molecule has 1 aromatic carbocycles. The van der Waals surface area contributed by atoms with Crippen molar-refractivity contribution < 1.29 is 9.53 Å². The van der Waals surface area contributed by atoms with Gasteiger partial charge in [0, 0.05) is 55.8 Å². The van der Waals surface area contributed by atoms with Gasteiger partial charge in [-0.05, 0) is 38.8 Å². The topological polar surface area (TPSA) is 64.7 Å². The number of H-pyrrole nitrogens is 1. The molecule has 2 atom stereocenters. The summed E-state index contributed by atoms with van der Waals surface area (Å²) in [6.07, 6.45) is 0.918. The van der Waals surface area contributed by atoms with Crippen LogP contribution in [0.5, 0.6) is 5.75 Å². The summed E-state index contributed by atoms with van der Waals surface area (Å²) in [6, 6.07) is 8.48. The Balaban J connectivity index is 1.57. The highest BCUT2D eigenvalue weighted by Crippen LogP contribution is 2.32. The van der Waals surface area contributed by atoms with Crippen molar-refractivity contribution in [2.24, 2.45) is 0 Å². The van der Waals surface area contributed by atoms with Gasteiger partial charge in [-0.1, -0.05) is 12.1 Å². The van der Waals surface area contributed by atoms with Crippen LogP contribution in [-0.4, -0.2) is 84.7 Å². The predicted molar refractivity (Wildman–Crippen MR) is 108 cm³/mol. The third-order valence-electron chi connectivity index (χ3n) is 6.11. The lowest BCUT2D eigenvalue weighted by Crippen LogP contribution is -2.36. The summed E-state index contributed by atoms with van der Waals surface area (Å²) in [5, 5.41) is 7.49. The highest BCUT2D eigenvalue weighted by atomic mass is 16.5. The zero-order valence-corrected chi connectivity index (χ0v) is 17.1. The molecule has 28 heavy (non-hydrogen) atoms. The zero-order chi connectivity index (χ0) is 19.8. The number of hydrogen-bond donors (Lipinski definition) is 1. The van der Waals surface area contributed by atoms with Crippen molar-refractivity contribution in [1.29, 1.82) is 0 Å². The van der Waals surface area contributed by atoms with Crippen molar-refractivity contribution >= 4 is 5.91 Å². The average Bonchev–Trinajstić information content (AvgIpc) is 3.32. The van der Waals surface area contributed by atoms with Gasteiger partial charge in [0.25, 0.3) is 5.91 Å². The molecule has 1 saturated heterocycles. The number of carbonyl (C=O) groups excluding carboxylic acids is 1. The van der Waals surface area contributed by atoms with Gasteiger partial charge in [-0.15, -0.1) is 0 Å². The van der Waals surface area contributed by atoms with Crippen molar-refractivity contribution in [2.45, 2.75) is 24.9 Å². The maximum Gasteiger partial charge on any atom is 0.274 e. The van der Waals surface area contributed by atoms with Crippen molar-refractivity contribution in [3.63, 3.8) is 0 Å². The molecule has 2 aromatic rings. The monoisotopic (exact) mass is 383 g/mol. The number of ether oxygens (including phenoxy) is 1. The molecule has 2 aliphatic rings. The standard InChI is InChI=1S/C21H29N5O2/c1-24(2)19-13-26(12-16(19)14-5-7-15(28-4)8-6-14)21(27)20-17-11-25(3)10-9-18(17)22-23-20/h5-8,16,19H,9-13H2,1-4H3,(H,22,23)/t16-,19+/m0/s1. The minimum absolute atomic E-state index is 0.0376. The van der Waals surface area contributed by atoms with Crippen LogP contribution in [0.3, 0.4) is 0 Å². The molecular weight excluding hydrogens is 354 g/mol. The van der Waals surface area contributed by atoms with Crippen LogP contribution in [-0.2, 0) is 13.0 Å². The van der Waals surface area contributed by atoms with E-state index in [1.165, 1.54) is 5.56 Å². The lowest BCUT2D eigenvalue weighted by atomic mass is 9.93. The second kappa shape index (κ2) is 7.56. The molecule has 3 heterocycles. The van der Waals surface area contributed by atoms with Gasteiger partial charge < -0.3 is 19.4 Å². The number of rotatable bonds is 4. The van der Waals surface area contributed by atoms with Crippen LogP contribution in [0.15, 0.2) is 24.3 Å². The number of carbonyl (C=O) groups is 1. The number of fused-ring (bicyclic) bond motifs is 1. The molecule has 0 saturated carbocycles. The number of nitrogens with one attached hydrogen (secondary N) is 1. The van der Waals surface area contributed by atoms with Crippen LogP contribution in [0.1, 0.15) is 33.2 Å². The normalized spacial score (nSPS) is 22.5. The molecule has 1 fully saturated rings. The van der Waals surface area contributed by atoms with Gasteiger partial charge in [-0.3, -0.25) is 9.89 Å². The zero-order valence-electron chi connectivity index (χ0n) is 17.1. The first-order chi connectivity index (χ1) is 13.5. The predicted octanol–water partition coefficient (Wildman–Crippen LogP) is 1.58. The first-order valence-electron chi connectivity index (χ1n) is 9.82. The lowest BCUT2D eigenvalue weighted by molar-refractivity contribution is 0.0774. The van der Waals surface area contributed by atoms with Crippen LogP contribution in [0.2, 0.25) is 0 Å². The van der Waals surface area contributed by atoms with Gasteiger partial charge in [0.1, 0.15) is 5.75 Å². The molecule has 4 rings (SSSR count). The van der Waals surface area contributed by atoms with E-state index in [0.29, 0.717) is 18.8 Å². The van der Waals surface area contributed by atoms with Gasteiger partial charge in [0.15, 0.2) is 5.69 Å². The number of aromatic nitrogens is 2. The van der Waals surface area contributed by atoms with Crippen LogP contribution < -0.4 is 4.74 Å². The molecule has 150 valence electrons. The van der Waals surface area contributed by atoms with Crippen LogP contribution in [0.25, 0.3) is 0 Å². The largest absolute Gasteiger partial charge is 0.497 e. The van der Waals surface area contributed by atoms with Crippen molar-refractivity contribution in [3.05, 3.63) is 46.8 Å². The van der Waals surface area contributed by atoms with Crippen LogP contribution in [0, 0.1) is 0 Å². The molecule has 7 heteroatoms. The molecule has 0 spiro atoms.